The maximum absolute atomic E-state index is 11.3. The minimum absolute atomic E-state index is 0.0915. The quantitative estimate of drug-likeness (QED) is 0.349. The van der Waals surface area contributed by atoms with Crippen LogP contribution in [-0.2, 0) is 19.1 Å². The van der Waals surface area contributed by atoms with E-state index in [2.05, 4.69) is 33.9 Å². The van der Waals surface area contributed by atoms with Gasteiger partial charge >= 0.3 is 11.9 Å². The first-order chi connectivity index (χ1) is 9.78. The molecule has 4 nitrogen and oxygen atoms in total. The second-order valence-electron chi connectivity index (χ2n) is 6.25. The van der Waals surface area contributed by atoms with Crippen molar-refractivity contribution < 1.29 is 19.1 Å². The van der Waals surface area contributed by atoms with Crippen molar-refractivity contribution in [2.75, 3.05) is 6.61 Å². The molecule has 4 heteroatoms. The van der Waals surface area contributed by atoms with Crippen molar-refractivity contribution in [3.63, 3.8) is 0 Å². The van der Waals surface area contributed by atoms with E-state index in [9.17, 15) is 9.59 Å². The van der Waals surface area contributed by atoms with Gasteiger partial charge in [0, 0.05) is 12.2 Å². The van der Waals surface area contributed by atoms with E-state index in [1.165, 1.54) is 6.08 Å². The van der Waals surface area contributed by atoms with Crippen molar-refractivity contribution in [2.24, 2.45) is 5.41 Å². The van der Waals surface area contributed by atoms with Gasteiger partial charge in [0.25, 0.3) is 0 Å². The van der Waals surface area contributed by atoms with Gasteiger partial charge in [0.15, 0.2) is 0 Å². The summed E-state index contributed by atoms with van der Waals surface area (Å²) < 4.78 is 10.3. The normalized spacial score (nSPS) is 12.3. The Kier molecular flexibility index (Phi) is 9.42. The number of hydrogen-bond donors (Lipinski definition) is 0. The zero-order valence-corrected chi connectivity index (χ0v) is 13.5. The highest BCUT2D eigenvalue weighted by atomic mass is 16.5. The molecule has 1 atom stereocenters. The summed E-state index contributed by atoms with van der Waals surface area (Å²) in [6, 6.07) is 0. The summed E-state index contributed by atoms with van der Waals surface area (Å²) in [4.78, 5) is 22.2. The Morgan fingerprint density at radius 3 is 2.19 bits per heavy atom. The van der Waals surface area contributed by atoms with Crippen LogP contribution in [0.2, 0.25) is 0 Å². The lowest BCUT2D eigenvalue weighted by Gasteiger charge is -2.25. The summed E-state index contributed by atoms with van der Waals surface area (Å²) in [7, 11) is 0. The Morgan fingerprint density at radius 1 is 1.05 bits per heavy atom. The fourth-order valence-electron chi connectivity index (χ4n) is 1.98. The fourth-order valence-corrected chi connectivity index (χ4v) is 1.98. The molecule has 0 bridgehead atoms. The number of rotatable bonds is 10. The van der Waals surface area contributed by atoms with Crippen molar-refractivity contribution >= 4 is 11.9 Å². The second kappa shape index (κ2) is 10.2. The van der Waals surface area contributed by atoms with Crippen LogP contribution in [0.4, 0.5) is 0 Å². The largest absolute Gasteiger partial charge is 0.463 e. The standard InChI is InChI=1S/C17H28O4/c1-6-15(18)20-12-10-8-9-11-14(13-17(3,4)5)21-16(19)7-2/h6-7,14H,1-2,8-13H2,3-5H3. The molecule has 120 valence electrons. The molecule has 0 spiro atoms. The summed E-state index contributed by atoms with van der Waals surface area (Å²) in [6.07, 6.45) is 6.55. The van der Waals surface area contributed by atoms with Gasteiger partial charge < -0.3 is 9.47 Å². The van der Waals surface area contributed by atoms with Gasteiger partial charge in [-0.05, 0) is 37.5 Å². The monoisotopic (exact) mass is 296 g/mol. The summed E-state index contributed by atoms with van der Waals surface area (Å²) >= 11 is 0. The van der Waals surface area contributed by atoms with Gasteiger partial charge in [-0.15, -0.1) is 0 Å². The van der Waals surface area contributed by atoms with Crippen molar-refractivity contribution in [2.45, 2.75) is 59.0 Å². The molecule has 0 saturated carbocycles. The molecule has 0 heterocycles. The molecule has 0 aromatic rings. The third-order valence-electron chi connectivity index (χ3n) is 2.87. The summed E-state index contributed by atoms with van der Waals surface area (Å²) in [5, 5.41) is 0. The van der Waals surface area contributed by atoms with Gasteiger partial charge in [0.05, 0.1) is 6.61 Å². The van der Waals surface area contributed by atoms with Gasteiger partial charge in [0.1, 0.15) is 6.10 Å². The number of carbonyl (C=O) groups excluding carboxylic acids is 2. The Balaban J connectivity index is 4.00. The first kappa shape index (κ1) is 19.4. The molecule has 0 rings (SSSR count). The van der Waals surface area contributed by atoms with Crippen LogP contribution in [0.25, 0.3) is 0 Å². The van der Waals surface area contributed by atoms with Crippen LogP contribution in [0.3, 0.4) is 0 Å². The molecule has 0 aromatic heterocycles. The van der Waals surface area contributed by atoms with Crippen molar-refractivity contribution in [1.82, 2.24) is 0 Å². The number of hydrogen-bond acceptors (Lipinski definition) is 4. The van der Waals surface area contributed by atoms with Gasteiger partial charge in [-0.1, -0.05) is 33.9 Å². The second-order valence-corrected chi connectivity index (χ2v) is 6.25. The molecular formula is C17H28O4. The van der Waals surface area contributed by atoms with Gasteiger partial charge in [-0.25, -0.2) is 9.59 Å². The smallest absolute Gasteiger partial charge is 0.330 e. The molecule has 0 N–H and O–H groups in total. The molecular weight excluding hydrogens is 268 g/mol. The summed E-state index contributed by atoms with van der Waals surface area (Å²) in [5.74, 6) is -0.760. The number of ether oxygens (including phenoxy) is 2. The van der Waals surface area contributed by atoms with Crippen LogP contribution in [-0.4, -0.2) is 24.6 Å². The predicted molar refractivity (Wildman–Crippen MR) is 83.8 cm³/mol. The molecule has 0 radical (unpaired) electrons. The highest BCUT2D eigenvalue weighted by Gasteiger charge is 2.21. The van der Waals surface area contributed by atoms with Gasteiger partial charge in [0.2, 0.25) is 0 Å². The van der Waals surface area contributed by atoms with E-state index in [0.29, 0.717) is 6.61 Å². The average Bonchev–Trinajstić information content (AvgIpc) is 2.40. The van der Waals surface area contributed by atoms with E-state index < -0.39 is 0 Å². The lowest BCUT2D eigenvalue weighted by Crippen LogP contribution is -2.23. The van der Waals surface area contributed by atoms with Crippen LogP contribution >= 0.6 is 0 Å². The topological polar surface area (TPSA) is 52.6 Å². The number of unbranched alkanes of at least 4 members (excludes halogenated alkanes) is 2. The molecule has 1 unspecified atom stereocenters. The van der Waals surface area contributed by atoms with Crippen LogP contribution in [0, 0.1) is 5.41 Å². The zero-order valence-electron chi connectivity index (χ0n) is 13.5. The first-order valence-corrected chi connectivity index (χ1v) is 7.40. The number of esters is 2. The lowest BCUT2D eigenvalue weighted by molar-refractivity contribution is -0.145. The Labute approximate surface area is 128 Å². The maximum Gasteiger partial charge on any atom is 0.330 e. The molecule has 0 aliphatic heterocycles. The van der Waals surface area contributed by atoms with E-state index in [4.69, 9.17) is 9.47 Å². The Hall–Kier alpha value is -1.58. The van der Waals surface area contributed by atoms with E-state index in [1.807, 2.05) is 0 Å². The third kappa shape index (κ3) is 11.9. The Morgan fingerprint density at radius 2 is 1.67 bits per heavy atom. The minimum atomic E-state index is -0.388. The highest BCUT2D eigenvalue weighted by Crippen LogP contribution is 2.25. The van der Waals surface area contributed by atoms with E-state index in [1.54, 1.807) is 0 Å². The predicted octanol–water partition coefficient (Wildman–Crippen LogP) is 3.81. The summed E-state index contributed by atoms with van der Waals surface area (Å²) in [5.41, 5.74) is 0.103. The molecule has 0 aromatic carbocycles. The van der Waals surface area contributed by atoms with Crippen molar-refractivity contribution in [3.8, 4) is 0 Å². The minimum Gasteiger partial charge on any atom is -0.463 e. The first-order valence-electron chi connectivity index (χ1n) is 7.40. The van der Waals surface area contributed by atoms with E-state index in [-0.39, 0.29) is 23.5 Å². The zero-order chi connectivity index (χ0) is 16.3. The van der Waals surface area contributed by atoms with Crippen LogP contribution < -0.4 is 0 Å². The molecule has 0 fully saturated rings. The maximum atomic E-state index is 11.3. The number of carbonyl (C=O) groups is 2. The Bertz CT molecular complexity index is 352. The molecule has 0 aliphatic carbocycles. The van der Waals surface area contributed by atoms with Gasteiger partial charge in [-0.2, -0.15) is 0 Å². The lowest BCUT2D eigenvalue weighted by atomic mass is 9.87. The third-order valence-corrected chi connectivity index (χ3v) is 2.87. The molecule has 0 aliphatic rings. The van der Waals surface area contributed by atoms with Crippen molar-refractivity contribution in [1.29, 1.82) is 0 Å². The van der Waals surface area contributed by atoms with Crippen LogP contribution in [0.5, 0.6) is 0 Å². The van der Waals surface area contributed by atoms with E-state index in [0.717, 1.165) is 38.2 Å². The van der Waals surface area contributed by atoms with Gasteiger partial charge in [-0.3, -0.25) is 0 Å². The molecule has 0 amide bonds. The fraction of sp³-hybridized carbons (Fsp3) is 0.647. The van der Waals surface area contributed by atoms with E-state index >= 15 is 0 Å². The molecule has 0 saturated heterocycles. The SMILES string of the molecule is C=CC(=O)OCCCCCC(CC(C)(C)C)OC(=O)C=C. The van der Waals surface area contributed by atoms with Crippen LogP contribution in [0.1, 0.15) is 52.9 Å². The molecule has 21 heavy (non-hydrogen) atoms. The average molecular weight is 296 g/mol. The summed E-state index contributed by atoms with van der Waals surface area (Å²) in [6.45, 7) is 13.5. The van der Waals surface area contributed by atoms with Crippen LogP contribution in [0.15, 0.2) is 25.3 Å². The van der Waals surface area contributed by atoms with Crippen molar-refractivity contribution in [3.05, 3.63) is 25.3 Å². The highest BCUT2D eigenvalue weighted by molar-refractivity contribution is 5.81.